The molecule has 4 nitrogen and oxygen atoms in total. The Morgan fingerprint density at radius 2 is 1.95 bits per heavy atom. The molecule has 4 heteroatoms. The van der Waals surface area contributed by atoms with Gasteiger partial charge in [-0.2, -0.15) is 0 Å². The summed E-state index contributed by atoms with van der Waals surface area (Å²) in [5, 5.41) is 0. The molecule has 0 unspecified atom stereocenters. The van der Waals surface area contributed by atoms with Crippen LogP contribution in [0.1, 0.15) is 50.4 Å². The minimum absolute atomic E-state index is 0.0106. The maximum absolute atomic E-state index is 12.5. The van der Waals surface area contributed by atoms with E-state index in [9.17, 15) is 4.79 Å². The molecule has 0 heterocycles. The first-order valence-electron chi connectivity index (χ1n) is 6.93. The van der Waals surface area contributed by atoms with Crippen molar-refractivity contribution in [1.29, 1.82) is 0 Å². The van der Waals surface area contributed by atoms with Crippen molar-refractivity contribution < 1.29 is 4.79 Å². The third-order valence-electron chi connectivity index (χ3n) is 3.19. The number of hydrogen-bond donors (Lipinski definition) is 2. The first-order valence-corrected chi connectivity index (χ1v) is 6.93. The molecule has 106 valence electrons. The summed E-state index contributed by atoms with van der Waals surface area (Å²) in [7, 11) is 0. The number of anilines is 2. The second kappa shape index (κ2) is 7.02. The Bertz CT molecular complexity index is 429. The summed E-state index contributed by atoms with van der Waals surface area (Å²) in [6.45, 7) is 6.97. The molecule has 0 aliphatic heterocycles. The van der Waals surface area contributed by atoms with E-state index in [0.29, 0.717) is 16.9 Å². The molecule has 0 aliphatic rings. The van der Waals surface area contributed by atoms with Crippen LogP contribution < -0.4 is 11.5 Å². The highest BCUT2D eigenvalue weighted by Gasteiger charge is 2.20. The molecule has 0 saturated heterocycles. The van der Waals surface area contributed by atoms with E-state index in [2.05, 4.69) is 6.92 Å². The normalized spacial score (nSPS) is 10.7. The molecule has 4 N–H and O–H groups in total. The van der Waals surface area contributed by atoms with E-state index in [1.807, 2.05) is 18.7 Å². The van der Waals surface area contributed by atoms with Gasteiger partial charge in [0, 0.05) is 24.0 Å². The molecule has 1 aromatic rings. The lowest BCUT2D eigenvalue weighted by atomic mass is 10.1. The van der Waals surface area contributed by atoms with E-state index in [1.165, 1.54) is 0 Å². The van der Waals surface area contributed by atoms with E-state index in [-0.39, 0.29) is 11.9 Å². The van der Waals surface area contributed by atoms with Crippen molar-refractivity contribution in [3.8, 4) is 0 Å². The van der Waals surface area contributed by atoms with Crippen molar-refractivity contribution in [2.75, 3.05) is 18.0 Å². The summed E-state index contributed by atoms with van der Waals surface area (Å²) >= 11 is 0. The quantitative estimate of drug-likeness (QED) is 0.612. The monoisotopic (exact) mass is 263 g/mol. The average molecular weight is 263 g/mol. The molecular formula is C15H25N3O. The van der Waals surface area contributed by atoms with Gasteiger partial charge in [-0.3, -0.25) is 4.79 Å². The van der Waals surface area contributed by atoms with Crippen LogP contribution in [0.2, 0.25) is 0 Å². The Balaban J connectivity index is 2.86. The van der Waals surface area contributed by atoms with Gasteiger partial charge in [-0.05, 0) is 38.5 Å². The second-order valence-corrected chi connectivity index (χ2v) is 5.15. The zero-order valence-electron chi connectivity index (χ0n) is 12.1. The lowest BCUT2D eigenvalue weighted by Gasteiger charge is -2.27. The van der Waals surface area contributed by atoms with Crippen molar-refractivity contribution in [1.82, 2.24) is 4.90 Å². The Kier molecular flexibility index (Phi) is 5.67. The number of hydrogen-bond acceptors (Lipinski definition) is 3. The molecule has 0 radical (unpaired) electrons. The SMILES string of the molecule is CCCCCN(C(=O)c1ccc(N)cc1N)C(C)C. The first kappa shape index (κ1) is 15.3. The fourth-order valence-electron chi connectivity index (χ4n) is 2.06. The van der Waals surface area contributed by atoms with Gasteiger partial charge in [0.2, 0.25) is 0 Å². The van der Waals surface area contributed by atoms with E-state index in [0.717, 1.165) is 25.8 Å². The standard InChI is InChI=1S/C15H25N3O/c1-4-5-6-9-18(11(2)3)15(19)13-8-7-12(16)10-14(13)17/h7-8,10-11H,4-6,9,16-17H2,1-3H3. The number of nitrogens with zero attached hydrogens (tertiary/aromatic N) is 1. The third kappa shape index (κ3) is 4.16. The number of nitrogen functional groups attached to an aromatic ring is 2. The summed E-state index contributed by atoms with van der Waals surface area (Å²) in [6.07, 6.45) is 3.30. The minimum Gasteiger partial charge on any atom is -0.399 e. The van der Waals surface area contributed by atoms with Crippen molar-refractivity contribution in [3.63, 3.8) is 0 Å². The lowest BCUT2D eigenvalue weighted by molar-refractivity contribution is 0.0703. The first-order chi connectivity index (χ1) is 8.97. The summed E-state index contributed by atoms with van der Waals surface area (Å²) in [6, 6.07) is 5.23. The molecule has 1 amide bonds. The second-order valence-electron chi connectivity index (χ2n) is 5.15. The van der Waals surface area contributed by atoms with Gasteiger partial charge in [-0.25, -0.2) is 0 Å². The van der Waals surface area contributed by atoms with E-state index in [4.69, 9.17) is 11.5 Å². The zero-order chi connectivity index (χ0) is 14.4. The number of unbranched alkanes of at least 4 members (excludes halogenated alkanes) is 2. The average Bonchev–Trinajstić information content (AvgIpc) is 2.33. The van der Waals surface area contributed by atoms with E-state index in [1.54, 1.807) is 18.2 Å². The van der Waals surface area contributed by atoms with Crippen LogP contribution in [-0.2, 0) is 0 Å². The van der Waals surface area contributed by atoms with Crippen molar-refractivity contribution in [2.24, 2.45) is 0 Å². The molecular weight excluding hydrogens is 238 g/mol. The smallest absolute Gasteiger partial charge is 0.256 e. The summed E-state index contributed by atoms with van der Waals surface area (Å²) in [5.41, 5.74) is 13.1. The number of carbonyl (C=O) groups excluding carboxylic acids is 1. The van der Waals surface area contributed by atoms with Crippen LogP contribution in [0.5, 0.6) is 0 Å². The highest BCUT2D eigenvalue weighted by atomic mass is 16.2. The minimum atomic E-state index is -0.0106. The predicted octanol–water partition coefficient (Wildman–Crippen LogP) is 2.89. The van der Waals surface area contributed by atoms with Gasteiger partial charge in [0.1, 0.15) is 0 Å². The molecule has 0 fully saturated rings. The molecule has 0 saturated carbocycles. The topological polar surface area (TPSA) is 72.3 Å². The Morgan fingerprint density at radius 3 is 2.47 bits per heavy atom. The van der Waals surface area contributed by atoms with Crippen LogP contribution in [0.4, 0.5) is 11.4 Å². The van der Waals surface area contributed by atoms with Gasteiger partial charge >= 0.3 is 0 Å². The molecule has 1 rings (SSSR count). The zero-order valence-corrected chi connectivity index (χ0v) is 12.1. The maximum Gasteiger partial charge on any atom is 0.256 e. The van der Waals surface area contributed by atoms with Crippen LogP contribution in [0.3, 0.4) is 0 Å². The molecule has 0 aromatic heterocycles. The Labute approximate surface area is 115 Å². The maximum atomic E-state index is 12.5. The van der Waals surface area contributed by atoms with Gasteiger partial charge in [0.25, 0.3) is 5.91 Å². The number of rotatable bonds is 6. The predicted molar refractivity (Wildman–Crippen MR) is 81.0 cm³/mol. The lowest BCUT2D eigenvalue weighted by Crippen LogP contribution is -2.38. The van der Waals surface area contributed by atoms with Crippen molar-refractivity contribution >= 4 is 17.3 Å². The van der Waals surface area contributed by atoms with Crippen LogP contribution in [-0.4, -0.2) is 23.4 Å². The molecule has 0 aliphatic carbocycles. The van der Waals surface area contributed by atoms with E-state index < -0.39 is 0 Å². The highest BCUT2D eigenvalue weighted by molar-refractivity contribution is 5.99. The number of carbonyl (C=O) groups is 1. The van der Waals surface area contributed by atoms with Gasteiger partial charge in [0.15, 0.2) is 0 Å². The highest BCUT2D eigenvalue weighted by Crippen LogP contribution is 2.19. The molecule has 0 bridgehead atoms. The van der Waals surface area contributed by atoms with Crippen LogP contribution in [0.25, 0.3) is 0 Å². The Morgan fingerprint density at radius 1 is 1.26 bits per heavy atom. The van der Waals surface area contributed by atoms with Gasteiger partial charge in [0.05, 0.1) is 5.56 Å². The third-order valence-corrected chi connectivity index (χ3v) is 3.19. The summed E-state index contributed by atoms with van der Waals surface area (Å²) < 4.78 is 0. The van der Waals surface area contributed by atoms with Gasteiger partial charge < -0.3 is 16.4 Å². The van der Waals surface area contributed by atoms with Gasteiger partial charge in [-0.15, -0.1) is 0 Å². The van der Waals surface area contributed by atoms with Crippen molar-refractivity contribution in [3.05, 3.63) is 23.8 Å². The van der Waals surface area contributed by atoms with Crippen LogP contribution in [0.15, 0.2) is 18.2 Å². The summed E-state index contributed by atoms with van der Waals surface area (Å²) in [4.78, 5) is 14.4. The molecule has 0 atom stereocenters. The van der Waals surface area contributed by atoms with Gasteiger partial charge in [-0.1, -0.05) is 19.8 Å². The molecule has 0 spiro atoms. The Hall–Kier alpha value is -1.71. The van der Waals surface area contributed by atoms with Crippen LogP contribution in [0, 0.1) is 0 Å². The fraction of sp³-hybridized carbons (Fsp3) is 0.533. The molecule has 19 heavy (non-hydrogen) atoms. The number of benzene rings is 1. The summed E-state index contributed by atoms with van der Waals surface area (Å²) in [5.74, 6) is -0.0106. The fourth-order valence-corrected chi connectivity index (χ4v) is 2.06. The molecule has 1 aromatic carbocycles. The number of amides is 1. The number of nitrogens with two attached hydrogens (primary N) is 2. The van der Waals surface area contributed by atoms with Crippen molar-refractivity contribution in [2.45, 2.75) is 46.1 Å². The van der Waals surface area contributed by atoms with E-state index >= 15 is 0 Å². The largest absolute Gasteiger partial charge is 0.399 e. The van der Waals surface area contributed by atoms with Crippen LogP contribution >= 0.6 is 0 Å².